The molecule has 0 atom stereocenters. The van der Waals surface area contributed by atoms with Gasteiger partial charge in [0.1, 0.15) is 0 Å². The number of hydrogen-bond acceptors (Lipinski definition) is 2. The highest BCUT2D eigenvalue weighted by molar-refractivity contribution is 6.30. The summed E-state index contributed by atoms with van der Waals surface area (Å²) < 4.78 is 0. The molecule has 1 aliphatic carbocycles. The molecule has 16 heavy (non-hydrogen) atoms. The summed E-state index contributed by atoms with van der Waals surface area (Å²) in [7, 11) is 2.15. The Bertz CT molecular complexity index is 338. The number of nitrogens with two attached hydrogens (primary N) is 1. The van der Waals surface area contributed by atoms with Gasteiger partial charge in [-0.3, -0.25) is 4.90 Å². The van der Waals surface area contributed by atoms with Gasteiger partial charge in [-0.2, -0.15) is 0 Å². The molecule has 0 radical (unpaired) electrons. The molecular formula is C12H18Cl2N2. The fraction of sp³-hybridized carbons (Fsp3) is 0.500. The SMILES string of the molecule is CN(Cc1cccc(Cl)c1)C1CC(N)C1.Cl. The maximum atomic E-state index is 5.94. The second-order valence-corrected chi connectivity index (χ2v) is 4.87. The van der Waals surface area contributed by atoms with E-state index in [9.17, 15) is 0 Å². The van der Waals surface area contributed by atoms with Crippen LogP contribution in [0.2, 0.25) is 5.02 Å². The van der Waals surface area contributed by atoms with Crippen molar-refractivity contribution in [3.05, 3.63) is 34.9 Å². The molecule has 0 aliphatic heterocycles. The highest BCUT2D eigenvalue weighted by atomic mass is 35.5. The van der Waals surface area contributed by atoms with Crippen molar-refractivity contribution < 1.29 is 0 Å². The molecule has 1 aromatic rings. The van der Waals surface area contributed by atoms with E-state index in [1.165, 1.54) is 5.56 Å². The van der Waals surface area contributed by atoms with Crippen LogP contribution in [0.1, 0.15) is 18.4 Å². The second-order valence-electron chi connectivity index (χ2n) is 4.43. The van der Waals surface area contributed by atoms with Crippen molar-refractivity contribution in [1.29, 1.82) is 0 Å². The maximum Gasteiger partial charge on any atom is 0.0409 e. The van der Waals surface area contributed by atoms with E-state index in [0.717, 1.165) is 24.4 Å². The van der Waals surface area contributed by atoms with Crippen molar-refractivity contribution in [2.24, 2.45) is 5.73 Å². The largest absolute Gasteiger partial charge is 0.328 e. The van der Waals surface area contributed by atoms with Gasteiger partial charge >= 0.3 is 0 Å². The Hall–Kier alpha value is -0.280. The summed E-state index contributed by atoms with van der Waals surface area (Å²) >= 11 is 5.94. The summed E-state index contributed by atoms with van der Waals surface area (Å²) in [6, 6.07) is 9.11. The summed E-state index contributed by atoms with van der Waals surface area (Å²) in [6.07, 6.45) is 2.24. The Labute approximate surface area is 108 Å². The van der Waals surface area contributed by atoms with Gasteiger partial charge < -0.3 is 5.73 Å². The van der Waals surface area contributed by atoms with Crippen LogP contribution in [0.25, 0.3) is 0 Å². The molecule has 1 fully saturated rings. The van der Waals surface area contributed by atoms with Gasteiger partial charge in [0, 0.05) is 23.7 Å². The molecule has 0 heterocycles. The van der Waals surface area contributed by atoms with Crippen molar-refractivity contribution in [2.75, 3.05) is 7.05 Å². The van der Waals surface area contributed by atoms with Crippen LogP contribution in [-0.2, 0) is 6.54 Å². The molecule has 0 spiro atoms. The van der Waals surface area contributed by atoms with E-state index in [1.807, 2.05) is 18.2 Å². The predicted octanol–water partition coefficient (Wildman–Crippen LogP) is 2.68. The van der Waals surface area contributed by atoms with E-state index in [1.54, 1.807) is 0 Å². The molecule has 1 saturated carbocycles. The lowest BCUT2D eigenvalue weighted by molar-refractivity contribution is 0.132. The molecule has 1 aliphatic rings. The van der Waals surface area contributed by atoms with Crippen LogP contribution in [0.3, 0.4) is 0 Å². The molecule has 2 rings (SSSR count). The maximum absolute atomic E-state index is 5.94. The van der Waals surface area contributed by atoms with Gasteiger partial charge in [0.15, 0.2) is 0 Å². The number of rotatable bonds is 3. The fourth-order valence-corrected chi connectivity index (χ4v) is 2.26. The zero-order valence-corrected chi connectivity index (χ0v) is 11.0. The van der Waals surface area contributed by atoms with Crippen molar-refractivity contribution in [3.63, 3.8) is 0 Å². The molecule has 0 saturated heterocycles. The van der Waals surface area contributed by atoms with Crippen LogP contribution in [0.5, 0.6) is 0 Å². The molecular weight excluding hydrogens is 243 g/mol. The van der Waals surface area contributed by atoms with Crippen molar-refractivity contribution in [2.45, 2.75) is 31.5 Å². The van der Waals surface area contributed by atoms with Crippen LogP contribution in [-0.4, -0.2) is 24.0 Å². The summed E-state index contributed by atoms with van der Waals surface area (Å²) in [5.74, 6) is 0. The standard InChI is InChI=1S/C12H17ClN2.ClH/c1-15(12-6-11(14)7-12)8-9-3-2-4-10(13)5-9;/h2-5,11-12H,6-8,14H2,1H3;1H. The molecule has 2 N–H and O–H groups in total. The van der Waals surface area contributed by atoms with Gasteiger partial charge in [-0.25, -0.2) is 0 Å². The van der Waals surface area contributed by atoms with Crippen LogP contribution in [0.15, 0.2) is 24.3 Å². The third kappa shape index (κ3) is 3.36. The molecule has 4 heteroatoms. The van der Waals surface area contributed by atoms with E-state index >= 15 is 0 Å². The summed E-state index contributed by atoms with van der Waals surface area (Å²) in [5, 5.41) is 0.811. The number of nitrogens with zero attached hydrogens (tertiary/aromatic N) is 1. The molecule has 0 aromatic heterocycles. The first-order valence-corrected chi connectivity index (χ1v) is 5.73. The molecule has 0 amide bonds. The molecule has 0 bridgehead atoms. The zero-order chi connectivity index (χ0) is 10.8. The summed E-state index contributed by atoms with van der Waals surface area (Å²) in [5.41, 5.74) is 7.05. The van der Waals surface area contributed by atoms with Gasteiger partial charge in [-0.05, 0) is 37.6 Å². The molecule has 90 valence electrons. The number of hydrogen-bond donors (Lipinski definition) is 1. The highest BCUT2D eigenvalue weighted by Gasteiger charge is 2.28. The van der Waals surface area contributed by atoms with Crippen LogP contribution in [0, 0.1) is 0 Å². The average molecular weight is 261 g/mol. The van der Waals surface area contributed by atoms with Crippen LogP contribution in [0.4, 0.5) is 0 Å². The quantitative estimate of drug-likeness (QED) is 0.906. The number of benzene rings is 1. The lowest BCUT2D eigenvalue weighted by Crippen LogP contribution is -2.48. The van der Waals surface area contributed by atoms with Crippen molar-refractivity contribution in [1.82, 2.24) is 4.90 Å². The van der Waals surface area contributed by atoms with Gasteiger partial charge in [0.05, 0.1) is 0 Å². The van der Waals surface area contributed by atoms with Crippen LogP contribution >= 0.6 is 24.0 Å². The Morgan fingerprint density at radius 1 is 1.44 bits per heavy atom. The smallest absolute Gasteiger partial charge is 0.0409 e. The van der Waals surface area contributed by atoms with Crippen molar-refractivity contribution in [3.8, 4) is 0 Å². The van der Waals surface area contributed by atoms with Gasteiger partial charge in [0.2, 0.25) is 0 Å². The van der Waals surface area contributed by atoms with E-state index < -0.39 is 0 Å². The predicted molar refractivity (Wildman–Crippen MR) is 71.2 cm³/mol. The molecule has 2 nitrogen and oxygen atoms in total. The summed E-state index contributed by atoms with van der Waals surface area (Å²) in [6.45, 7) is 0.956. The Morgan fingerprint density at radius 3 is 2.69 bits per heavy atom. The van der Waals surface area contributed by atoms with Gasteiger partial charge in [0.25, 0.3) is 0 Å². The summed E-state index contributed by atoms with van der Waals surface area (Å²) in [4.78, 5) is 2.36. The monoisotopic (exact) mass is 260 g/mol. The van der Waals surface area contributed by atoms with E-state index in [-0.39, 0.29) is 12.4 Å². The lowest BCUT2D eigenvalue weighted by Gasteiger charge is -2.39. The third-order valence-electron chi connectivity index (χ3n) is 3.09. The Balaban J connectivity index is 0.00000128. The normalized spacial score (nSPS) is 23.8. The topological polar surface area (TPSA) is 29.3 Å². The third-order valence-corrected chi connectivity index (χ3v) is 3.33. The highest BCUT2D eigenvalue weighted by Crippen LogP contribution is 2.24. The van der Waals surface area contributed by atoms with E-state index in [4.69, 9.17) is 17.3 Å². The molecule has 0 unspecified atom stereocenters. The minimum atomic E-state index is 0. The molecule has 1 aromatic carbocycles. The van der Waals surface area contributed by atoms with Crippen molar-refractivity contribution >= 4 is 24.0 Å². The minimum Gasteiger partial charge on any atom is -0.328 e. The van der Waals surface area contributed by atoms with E-state index in [2.05, 4.69) is 18.0 Å². The fourth-order valence-electron chi connectivity index (χ4n) is 2.04. The van der Waals surface area contributed by atoms with Gasteiger partial charge in [-0.1, -0.05) is 23.7 Å². The van der Waals surface area contributed by atoms with Crippen LogP contribution < -0.4 is 5.73 Å². The zero-order valence-electron chi connectivity index (χ0n) is 9.40. The van der Waals surface area contributed by atoms with E-state index in [0.29, 0.717) is 12.1 Å². The Kier molecular flexibility index (Phi) is 5.06. The Morgan fingerprint density at radius 2 is 2.12 bits per heavy atom. The first-order valence-electron chi connectivity index (χ1n) is 5.35. The number of halogens is 2. The minimum absolute atomic E-state index is 0. The van der Waals surface area contributed by atoms with Gasteiger partial charge in [-0.15, -0.1) is 12.4 Å². The lowest BCUT2D eigenvalue weighted by atomic mass is 9.86. The first kappa shape index (κ1) is 13.8. The average Bonchev–Trinajstić information content (AvgIpc) is 2.13. The first-order chi connectivity index (χ1) is 7.15. The second kappa shape index (κ2) is 5.87.